The van der Waals surface area contributed by atoms with E-state index in [1.807, 2.05) is 0 Å². The zero-order chi connectivity index (χ0) is 23.3. The van der Waals surface area contributed by atoms with Crippen LogP contribution in [0.2, 0.25) is 0 Å². The van der Waals surface area contributed by atoms with Crippen LogP contribution in [0.15, 0.2) is 53.7 Å². The largest absolute Gasteiger partial charge is 0.452 e. The smallest absolute Gasteiger partial charge is 0.309 e. The van der Waals surface area contributed by atoms with Crippen LogP contribution in [0, 0.1) is 16.0 Å². The van der Waals surface area contributed by atoms with Gasteiger partial charge in [-0.25, -0.2) is 8.42 Å². The lowest BCUT2D eigenvalue weighted by Gasteiger charge is -2.30. The van der Waals surface area contributed by atoms with Gasteiger partial charge in [-0.05, 0) is 44.0 Å². The zero-order valence-electron chi connectivity index (χ0n) is 17.2. The maximum Gasteiger partial charge on any atom is 0.309 e. The molecule has 1 amide bonds. The third-order valence-electron chi connectivity index (χ3n) is 5.07. The molecule has 1 aromatic heterocycles. The summed E-state index contributed by atoms with van der Waals surface area (Å²) < 4.78 is 31.8. The van der Waals surface area contributed by atoms with Crippen LogP contribution in [0.5, 0.6) is 0 Å². The lowest BCUT2D eigenvalue weighted by atomic mass is 9.98. The molecule has 1 fully saturated rings. The van der Waals surface area contributed by atoms with Gasteiger partial charge in [0.25, 0.3) is 11.6 Å². The molecule has 0 saturated carbocycles. The summed E-state index contributed by atoms with van der Waals surface area (Å²) in [6.07, 6.45) is 2.22. The number of pyridine rings is 1. The van der Waals surface area contributed by atoms with E-state index in [0.29, 0.717) is 5.69 Å². The predicted octanol–water partition coefficient (Wildman–Crippen LogP) is 1.96. The number of benzene rings is 1. The van der Waals surface area contributed by atoms with Gasteiger partial charge >= 0.3 is 5.97 Å². The van der Waals surface area contributed by atoms with Gasteiger partial charge in [-0.2, -0.15) is 4.31 Å². The van der Waals surface area contributed by atoms with E-state index in [1.54, 1.807) is 6.07 Å². The molecule has 0 aliphatic carbocycles. The Labute approximate surface area is 184 Å². The van der Waals surface area contributed by atoms with Gasteiger partial charge in [0, 0.05) is 43.3 Å². The van der Waals surface area contributed by atoms with Crippen molar-refractivity contribution in [3.05, 3.63) is 58.9 Å². The SMILES string of the molecule is CC(OC(=O)C1CCN(S(=O)(=O)c2cccnc2)CC1)C(=O)Nc1ccc([N+](=O)[O-])cc1. The minimum absolute atomic E-state index is 0.0950. The molecule has 0 spiro atoms. The molecular formula is C20H22N4O7S. The summed E-state index contributed by atoms with van der Waals surface area (Å²) in [5, 5.41) is 13.2. The molecule has 2 aromatic rings. The van der Waals surface area contributed by atoms with Gasteiger partial charge in [0.1, 0.15) is 4.90 Å². The van der Waals surface area contributed by atoms with Gasteiger partial charge < -0.3 is 10.1 Å². The summed E-state index contributed by atoms with van der Waals surface area (Å²) in [4.78, 5) is 38.8. The van der Waals surface area contributed by atoms with Crippen molar-refractivity contribution < 1.29 is 27.7 Å². The van der Waals surface area contributed by atoms with Gasteiger partial charge in [0.15, 0.2) is 6.10 Å². The molecule has 170 valence electrons. The van der Waals surface area contributed by atoms with Crippen LogP contribution in [-0.2, 0) is 24.3 Å². The fraction of sp³-hybridized carbons (Fsp3) is 0.350. The van der Waals surface area contributed by atoms with Gasteiger partial charge in [-0.3, -0.25) is 24.7 Å². The molecule has 1 N–H and O–H groups in total. The Morgan fingerprint density at radius 3 is 2.44 bits per heavy atom. The molecule has 32 heavy (non-hydrogen) atoms. The first kappa shape index (κ1) is 23.3. The van der Waals surface area contributed by atoms with E-state index in [1.165, 1.54) is 54.0 Å². The Morgan fingerprint density at radius 2 is 1.88 bits per heavy atom. The van der Waals surface area contributed by atoms with Gasteiger partial charge in [0.2, 0.25) is 10.0 Å². The molecule has 1 aliphatic rings. The standard InChI is InChI=1S/C20H22N4O7S/c1-14(19(25)22-16-4-6-17(7-5-16)24(27)28)31-20(26)15-8-11-23(12-9-15)32(29,30)18-3-2-10-21-13-18/h2-7,10,13-15H,8-9,11-12H2,1H3,(H,22,25). The summed E-state index contributed by atoms with van der Waals surface area (Å²) in [7, 11) is -3.68. The van der Waals surface area contributed by atoms with Crippen molar-refractivity contribution in [3.8, 4) is 0 Å². The zero-order valence-corrected chi connectivity index (χ0v) is 18.0. The van der Waals surface area contributed by atoms with Crippen molar-refractivity contribution in [2.45, 2.75) is 30.8 Å². The lowest BCUT2D eigenvalue weighted by molar-refractivity contribution is -0.384. The van der Waals surface area contributed by atoms with Crippen molar-refractivity contribution in [2.24, 2.45) is 5.92 Å². The van der Waals surface area contributed by atoms with Gasteiger partial charge in [0.05, 0.1) is 10.8 Å². The van der Waals surface area contributed by atoms with Crippen LogP contribution < -0.4 is 5.32 Å². The number of nitro groups is 1. The number of ether oxygens (including phenoxy) is 1. The maximum absolute atomic E-state index is 12.6. The van der Waals surface area contributed by atoms with Crippen molar-refractivity contribution in [2.75, 3.05) is 18.4 Å². The summed E-state index contributed by atoms with van der Waals surface area (Å²) in [5.74, 6) is -1.68. The van der Waals surface area contributed by atoms with Crippen molar-refractivity contribution in [1.82, 2.24) is 9.29 Å². The second-order valence-electron chi connectivity index (χ2n) is 7.24. The molecule has 1 aromatic carbocycles. The Bertz CT molecular complexity index is 1080. The van der Waals surface area contributed by atoms with Crippen LogP contribution in [-0.4, -0.2) is 53.7 Å². The molecule has 3 rings (SSSR count). The molecule has 11 nitrogen and oxygen atoms in total. The minimum Gasteiger partial charge on any atom is -0.452 e. The van der Waals surface area contributed by atoms with E-state index in [0.717, 1.165) is 0 Å². The maximum atomic E-state index is 12.6. The highest BCUT2D eigenvalue weighted by molar-refractivity contribution is 7.89. The Kier molecular flexibility index (Phi) is 7.15. The van der Waals surface area contributed by atoms with E-state index in [9.17, 15) is 28.1 Å². The number of piperidine rings is 1. The predicted molar refractivity (Wildman–Crippen MR) is 113 cm³/mol. The third kappa shape index (κ3) is 5.45. The summed E-state index contributed by atoms with van der Waals surface area (Å²) in [5.41, 5.74) is 0.219. The first-order chi connectivity index (χ1) is 15.2. The number of hydrogen-bond donors (Lipinski definition) is 1. The number of anilines is 1. The average Bonchev–Trinajstić information content (AvgIpc) is 2.80. The Hall–Kier alpha value is -3.38. The first-order valence-electron chi connectivity index (χ1n) is 9.84. The number of nitrogens with zero attached hydrogens (tertiary/aromatic N) is 3. The summed E-state index contributed by atoms with van der Waals surface area (Å²) in [6.45, 7) is 1.72. The van der Waals surface area contributed by atoms with E-state index in [4.69, 9.17) is 4.74 Å². The molecule has 1 saturated heterocycles. The van der Waals surface area contributed by atoms with E-state index >= 15 is 0 Å². The second-order valence-corrected chi connectivity index (χ2v) is 9.18. The number of sulfonamides is 1. The average molecular weight is 462 g/mol. The van der Waals surface area contributed by atoms with Crippen LogP contribution in [0.3, 0.4) is 0 Å². The highest BCUT2D eigenvalue weighted by atomic mass is 32.2. The van der Waals surface area contributed by atoms with E-state index in [-0.39, 0.29) is 36.5 Å². The van der Waals surface area contributed by atoms with Crippen LogP contribution >= 0.6 is 0 Å². The summed E-state index contributed by atoms with van der Waals surface area (Å²) in [6, 6.07) is 8.26. The highest BCUT2D eigenvalue weighted by Gasteiger charge is 2.34. The third-order valence-corrected chi connectivity index (χ3v) is 6.95. The number of amides is 1. The Morgan fingerprint density at radius 1 is 1.22 bits per heavy atom. The monoisotopic (exact) mass is 462 g/mol. The summed E-state index contributed by atoms with van der Waals surface area (Å²) >= 11 is 0. The van der Waals surface area contributed by atoms with Crippen molar-refractivity contribution in [3.63, 3.8) is 0 Å². The van der Waals surface area contributed by atoms with Gasteiger partial charge in [-0.15, -0.1) is 0 Å². The molecule has 1 atom stereocenters. The van der Waals surface area contributed by atoms with E-state index < -0.39 is 38.8 Å². The van der Waals surface area contributed by atoms with Crippen LogP contribution in [0.4, 0.5) is 11.4 Å². The number of esters is 1. The molecule has 2 heterocycles. The lowest BCUT2D eigenvalue weighted by Crippen LogP contribution is -2.41. The number of nitrogens with one attached hydrogen (secondary N) is 1. The first-order valence-corrected chi connectivity index (χ1v) is 11.3. The van der Waals surface area contributed by atoms with Crippen molar-refractivity contribution in [1.29, 1.82) is 0 Å². The van der Waals surface area contributed by atoms with E-state index in [2.05, 4.69) is 10.3 Å². The second kappa shape index (κ2) is 9.83. The number of non-ortho nitro benzene ring substituents is 1. The topological polar surface area (TPSA) is 149 Å². The number of aromatic nitrogens is 1. The number of carbonyl (C=O) groups is 2. The molecule has 1 unspecified atom stereocenters. The van der Waals surface area contributed by atoms with Crippen LogP contribution in [0.25, 0.3) is 0 Å². The molecule has 1 aliphatic heterocycles. The van der Waals surface area contributed by atoms with Crippen LogP contribution in [0.1, 0.15) is 19.8 Å². The number of rotatable bonds is 7. The quantitative estimate of drug-likeness (QED) is 0.373. The normalized spacial score (nSPS) is 16.2. The van der Waals surface area contributed by atoms with Crippen molar-refractivity contribution >= 4 is 33.3 Å². The molecular weight excluding hydrogens is 440 g/mol. The number of carbonyl (C=O) groups excluding carboxylic acids is 2. The number of hydrogen-bond acceptors (Lipinski definition) is 8. The fourth-order valence-electron chi connectivity index (χ4n) is 3.21. The molecule has 0 radical (unpaired) electrons. The molecule has 0 bridgehead atoms. The van der Waals surface area contributed by atoms with Gasteiger partial charge in [-0.1, -0.05) is 0 Å². The Balaban J connectivity index is 1.50. The minimum atomic E-state index is -3.68. The number of nitro benzene ring substituents is 1. The highest BCUT2D eigenvalue weighted by Crippen LogP contribution is 2.25. The fourth-order valence-corrected chi connectivity index (χ4v) is 4.65. The molecule has 12 heteroatoms.